The molecule has 1 N–H and O–H groups in total. The van der Waals surface area contributed by atoms with Crippen molar-refractivity contribution < 1.29 is 19.4 Å². The molecule has 1 amide bonds. The third kappa shape index (κ3) is 1.61. The molecule has 2 aliphatic heterocycles. The van der Waals surface area contributed by atoms with Gasteiger partial charge in [-0.15, -0.1) is 0 Å². The van der Waals surface area contributed by atoms with Crippen LogP contribution in [0, 0.1) is 5.41 Å². The Morgan fingerprint density at radius 1 is 1.53 bits per heavy atom. The molecule has 2 rings (SSSR count). The highest BCUT2D eigenvalue weighted by molar-refractivity contribution is 5.90. The van der Waals surface area contributed by atoms with Crippen LogP contribution < -0.4 is 0 Å². The Hall–Kier alpha value is -1.10. The quantitative estimate of drug-likeness (QED) is 0.644. The zero-order valence-electron chi connectivity index (χ0n) is 8.73. The number of Topliss-reactive ketones (excluding diaryl/α,β-unsaturated/α-hetero) is 1. The van der Waals surface area contributed by atoms with E-state index < -0.39 is 11.5 Å². The van der Waals surface area contributed by atoms with E-state index in [0.717, 1.165) is 0 Å². The average Bonchev–Trinajstić information content (AvgIpc) is 2.48. The maximum absolute atomic E-state index is 11.9. The van der Waals surface area contributed by atoms with Crippen LogP contribution in [-0.4, -0.2) is 47.7 Å². The summed E-state index contributed by atoms with van der Waals surface area (Å²) in [7, 11) is 0. The lowest BCUT2D eigenvalue weighted by Gasteiger charge is -2.35. The maximum Gasteiger partial charge on any atom is 0.407 e. The minimum absolute atomic E-state index is 0.146. The largest absolute Gasteiger partial charge is 0.465 e. The van der Waals surface area contributed by atoms with Gasteiger partial charge < -0.3 is 14.7 Å². The molecule has 0 aromatic heterocycles. The van der Waals surface area contributed by atoms with Crippen molar-refractivity contribution in [2.24, 2.45) is 5.41 Å². The molecule has 0 saturated carbocycles. The van der Waals surface area contributed by atoms with Gasteiger partial charge in [0.1, 0.15) is 6.10 Å². The molecular formula is C10H15NO4. The van der Waals surface area contributed by atoms with E-state index in [1.807, 2.05) is 0 Å². The smallest absolute Gasteiger partial charge is 0.407 e. The van der Waals surface area contributed by atoms with Crippen molar-refractivity contribution in [3.63, 3.8) is 0 Å². The zero-order valence-corrected chi connectivity index (χ0v) is 8.73. The van der Waals surface area contributed by atoms with Gasteiger partial charge in [0.2, 0.25) is 0 Å². The van der Waals surface area contributed by atoms with Gasteiger partial charge in [-0.3, -0.25) is 4.79 Å². The molecule has 0 aromatic rings. The summed E-state index contributed by atoms with van der Waals surface area (Å²) in [5.74, 6) is 0.146. The van der Waals surface area contributed by atoms with Crippen LogP contribution in [0.5, 0.6) is 0 Å². The molecule has 5 heteroatoms. The van der Waals surface area contributed by atoms with E-state index in [2.05, 4.69) is 0 Å². The van der Waals surface area contributed by atoms with Crippen molar-refractivity contribution in [1.29, 1.82) is 0 Å². The predicted molar refractivity (Wildman–Crippen MR) is 51.7 cm³/mol. The Kier molecular flexibility index (Phi) is 2.42. The van der Waals surface area contributed by atoms with Crippen LogP contribution in [0.3, 0.4) is 0 Å². The summed E-state index contributed by atoms with van der Waals surface area (Å²) < 4.78 is 5.34. The topological polar surface area (TPSA) is 66.8 Å². The maximum atomic E-state index is 11.9. The molecule has 84 valence electrons. The number of ketones is 1. The van der Waals surface area contributed by atoms with E-state index in [0.29, 0.717) is 32.5 Å². The van der Waals surface area contributed by atoms with Crippen LogP contribution in [0.4, 0.5) is 4.79 Å². The van der Waals surface area contributed by atoms with Crippen LogP contribution in [0.1, 0.15) is 19.8 Å². The average molecular weight is 213 g/mol. The summed E-state index contributed by atoms with van der Waals surface area (Å²) in [6.45, 7) is 3.11. The standard InChI is InChI=1S/C10H15NO4/c1-7-8(12)10(6-15-7)2-4-11(5-3-10)9(13)14/h7H,2-6H2,1H3,(H,13,14). The molecule has 1 unspecified atom stereocenters. The second kappa shape index (κ2) is 3.48. The molecule has 2 fully saturated rings. The van der Waals surface area contributed by atoms with Crippen LogP contribution in [-0.2, 0) is 9.53 Å². The van der Waals surface area contributed by atoms with Gasteiger partial charge in [-0.25, -0.2) is 4.79 Å². The van der Waals surface area contributed by atoms with Crippen LogP contribution >= 0.6 is 0 Å². The molecule has 5 nitrogen and oxygen atoms in total. The van der Waals surface area contributed by atoms with Crippen molar-refractivity contribution in [2.75, 3.05) is 19.7 Å². The minimum Gasteiger partial charge on any atom is -0.465 e. The lowest BCUT2D eigenvalue weighted by atomic mass is 9.76. The normalized spacial score (nSPS) is 29.8. The van der Waals surface area contributed by atoms with E-state index in [-0.39, 0.29) is 11.9 Å². The Bertz CT molecular complexity index is 294. The van der Waals surface area contributed by atoms with Gasteiger partial charge in [-0.05, 0) is 19.8 Å². The molecule has 0 bridgehead atoms. The highest BCUT2D eigenvalue weighted by atomic mass is 16.5. The Morgan fingerprint density at radius 3 is 2.53 bits per heavy atom. The number of carbonyl (C=O) groups excluding carboxylic acids is 1. The number of rotatable bonds is 0. The van der Waals surface area contributed by atoms with Crippen molar-refractivity contribution in [2.45, 2.75) is 25.9 Å². The summed E-state index contributed by atoms with van der Waals surface area (Å²) in [5, 5.41) is 8.80. The van der Waals surface area contributed by atoms with Gasteiger partial charge >= 0.3 is 6.09 Å². The highest BCUT2D eigenvalue weighted by Crippen LogP contribution is 2.38. The fraction of sp³-hybridized carbons (Fsp3) is 0.800. The monoisotopic (exact) mass is 213 g/mol. The van der Waals surface area contributed by atoms with E-state index in [9.17, 15) is 9.59 Å². The number of piperidine rings is 1. The van der Waals surface area contributed by atoms with Gasteiger partial charge in [0.05, 0.1) is 12.0 Å². The second-order valence-corrected chi connectivity index (χ2v) is 4.37. The molecule has 1 spiro atoms. The number of nitrogens with zero attached hydrogens (tertiary/aromatic N) is 1. The molecule has 2 saturated heterocycles. The molecular weight excluding hydrogens is 198 g/mol. The van der Waals surface area contributed by atoms with Crippen molar-refractivity contribution >= 4 is 11.9 Å². The number of hydrogen-bond acceptors (Lipinski definition) is 3. The van der Waals surface area contributed by atoms with Crippen molar-refractivity contribution in [3.05, 3.63) is 0 Å². The first-order valence-corrected chi connectivity index (χ1v) is 5.19. The summed E-state index contributed by atoms with van der Waals surface area (Å²) >= 11 is 0. The Labute approximate surface area is 88.0 Å². The lowest BCUT2D eigenvalue weighted by molar-refractivity contribution is -0.129. The van der Waals surface area contributed by atoms with E-state index >= 15 is 0 Å². The van der Waals surface area contributed by atoms with Gasteiger partial charge in [-0.2, -0.15) is 0 Å². The van der Waals surface area contributed by atoms with E-state index in [4.69, 9.17) is 9.84 Å². The number of hydrogen-bond donors (Lipinski definition) is 1. The first-order valence-electron chi connectivity index (χ1n) is 5.19. The van der Waals surface area contributed by atoms with Gasteiger partial charge in [0.15, 0.2) is 5.78 Å². The van der Waals surface area contributed by atoms with Crippen molar-refractivity contribution in [3.8, 4) is 0 Å². The van der Waals surface area contributed by atoms with Crippen LogP contribution in [0.2, 0.25) is 0 Å². The summed E-state index contributed by atoms with van der Waals surface area (Å²) in [6, 6.07) is 0. The predicted octanol–water partition coefficient (Wildman–Crippen LogP) is 0.734. The molecule has 0 aliphatic carbocycles. The molecule has 0 aromatic carbocycles. The highest BCUT2D eigenvalue weighted by Gasteiger charge is 2.49. The number of carbonyl (C=O) groups is 2. The molecule has 1 atom stereocenters. The van der Waals surface area contributed by atoms with Gasteiger partial charge in [-0.1, -0.05) is 0 Å². The number of amides is 1. The minimum atomic E-state index is -0.899. The van der Waals surface area contributed by atoms with Crippen LogP contribution in [0.15, 0.2) is 0 Å². The number of carboxylic acid groups (broad SMARTS) is 1. The number of likely N-dealkylation sites (tertiary alicyclic amines) is 1. The molecule has 2 aliphatic rings. The van der Waals surface area contributed by atoms with Gasteiger partial charge in [0, 0.05) is 13.1 Å². The molecule has 2 heterocycles. The first kappa shape index (κ1) is 10.4. The second-order valence-electron chi connectivity index (χ2n) is 4.37. The van der Waals surface area contributed by atoms with E-state index in [1.165, 1.54) is 4.90 Å². The number of ether oxygens (including phenoxy) is 1. The Balaban J connectivity index is 2.04. The van der Waals surface area contributed by atoms with Crippen LogP contribution in [0.25, 0.3) is 0 Å². The van der Waals surface area contributed by atoms with Gasteiger partial charge in [0.25, 0.3) is 0 Å². The van der Waals surface area contributed by atoms with E-state index in [1.54, 1.807) is 6.92 Å². The fourth-order valence-electron chi connectivity index (χ4n) is 2.38. The van der Waals surface area contributed by atoms with Crippen molar-refractivity contribution in [1.82, 2.24) is 4.90 Å². The molecule has 15 heavy (non-hydrogen) atoms. The third-order valence-electron chi connectivity index (χ3n) is 3.49. The summed E-state index contributed by atoms with van der Waals surface area (Å²) in [5.41, 5.74) is -0.397. The fourth-order valence-corrected chi connectivity index (χ4v) is 2.38. The lowest BCUT2D eigenvalue weighted by Crippen LogP contribution is -2.46. The summed E-state index contributed by atoms with van der Waals surface area (Å²) in [6.07, 6.45) is -0.0176. The Morgan fingerprint density at radius 2 is 2.13 bits per heavy atom. The zero-order chi connectivity index (χ0) is 11.1. The SMILES string of the molecule is CC1OCC2(CCN(C(=O)O)CC2)C1=O. The third-order valence-corrected chi connectivity index (χ3v) is 3.49. The first-order chi connectivity index (χ1) is 7.05. The molecule has 0 radical (unpaired) electrons. The summed E-state index contributed by atoms with van der Waals surface area (Å²) in [4.78, 5) is 23.9.